The Morgan fingerprint density at radius 2 is 1.91 bits per heavy atom. The van der Waals surface area contributed by atoms with Crippen LogP contribution in [0.15, 0.2) is 36.4 Å². The highest BCUT2D eigenvalue weighted by atomic mass is 35.5. The molecule has 0 spiro atoms. The summed E-state index contributed by atoms with van der Waals surface area (Å²) < 4.78 is 7.14. The van der Waals surface area contributed by atoms with Gasteiger partial charge in [-0.3, -0.25) is 9.59 Å². The monoisotopic (exact) mass is 319 g/mol. The number of aryl methyl sites for hydroxylation is 1. The first kappa shape index (κ1) is 16.5. The van der Waals surface area contributed by atoms with Crippen molar-refractivity contribution in [3.8, 4) is 11.1 Å². The maximum absolute atomic E-state index is 12.3. The third kappa shape index (κ3) is 3.46. The van der Waals surface area contributed by atoms with E-state index in [0.717, 1.165) is 11.3 Å². The molecular weight excluding hydrogens is 302 g/mol. The van der Waals surface area contributed by atoms with Crippen LogP contribution >= 0.6 is 11.6 Å². The third-order valence-corrected chi connectivity index (χ3v) is 3.62. The quantitative estimate of drug-likeness (QED) is 0.340. The SMILES string of the molecule is CCOCCn1c(C)cc(-c2ccccc2)c1C(=O)C(=O)Cl. The van der Waals surface area contributed by atoms with E-state index in [1.165, 1.54) is 0 Å². The largest absolute Gasteiger partial charge is 0.380 e. The molecule has 0 fully saturated rings. The smallest absolute Gasteiger partial charge is 0.294 e. The summed E-state index contributed by atoms with van der Waals surface area (Å²) in [6.07, 6.45) is 0. The predicted molar refractivity (Wildman–Crippen MR) is 86.3 cm³/mol. The van der Waals surface area contributed by atoms with Gasteiger partial charge >= 0.3 is 0 Å². The maximum Gasteiger partial charge on any atom is 0.294 e. The van der Waals surface area contributed by atoms with E-state index in [9.17, 15) is 9.59 Å². The molecule has 0 aliphatic carbocycles. The number of carbonyl (C=O) groups is 2. The number of hydrogen-bond acceptors (Lipinski definition) is 3. The molecule has 0 bridgehead atoms. The summed E-state index contributed by atoms with van der Waals surface area (Å²) in [7, 11) is 0. The van der Waals surface area contributed by atoms with Crippen LogP contribution in [0.2, 0.25) is 0 Å². The van der Waals surface area contributed by atoms with Crippen LogP contribution in [-0.2, 0) is 16.1 Å². The van der Waals surface area contributed by atoms with Gasteiger partial charge in [0.2, 0.25) is 0 Å². The van der Waals surface area contributed by atoms with Gasteiger partial charge in [0.05, 0.1) is 6.61 Å². The first-order valence-electron chi connectivity index (χ1n) is 7.13. The van der Waals surface area contributed by atoms with Gasteiger partial charge < -0.3 is 9.30 Å². The molecule has 0 saturated carbocycles. The highest BCUT2D eigenvalue weighted by Crippen LogP contribution is 2.28. The number of hydrogen-bond donors (Lipinski definition) is 0. The second-order valence-corrected chi connectivity index (χ2v) is 5.21. The summed E-state index contributed by atoms with van der Waals surface area (Å²) in [6, 6.07) is 11.4. The minimum atomic E-state index is -0.979. The highest BCUT2D eigenvalue weighted by molar-refractivity contribution is 6.83. The first-order chi connectivity index (χ1) is 10.6. The molecule has 0 unspecified atom stereocenters. The van der Waals surface area contributed by atoms with Crippen molar-refractivity contribution in [2.24, 2.45) is 0 Å². The van der Waals surface area contributed by atoms with Crippen molar-refractivity contribution in [2.45, 2.75) is 20.4 Å². The van der Waals surface area contributed by atoms with Crippen LogP contribution in [0.1, 0.15) is 23.1 Å². The molecule has 0 amide bonds. The molecule has 0 N–H and O–H groups in total. The Labute approximate surface area is 134 Å². The summed E-state index contributed by atoms with van der Waals surface area (Å²) in [5, 5.41) is -0.979. The summed E-state index contributed by atoms with van der Waals surface area (Å²) in [5.74, 6) is -0.690. The Morgan fingerprint density at radius 1 is 1.23 bits per heavy atom. The lowest BCUT2D eigenvalue weighted by molar-refractivity contribution is -0.108. The lowest BCUT2D eigenvalue weighted by Crippen LogP contribution is -2.18. The van der Waals surface area contributed by atoms with E-state index in [4.69, 9.17) is 16.3 Å². The Bertz CT molecular complexity index is 677. The number of carbonyl (C=O) groups excluding carboxylic acids is 2. The van der Waals surface area contributed by atoms with Gasteiger partial charge in [0, 0.05) is 24.4 Å². The molecule has 5 heteroatoms. The zero-order valence-corrected chi connectivity index (χ0v) is 13.4. The molecule has 1 heterocycles. The van der Waals surface area contributed by atoms with Gasteiger partial charge in [0.15, 0.2) is 0 Å². The second kappa shape index (κ2) is 7.38. The van der Waals surface area contributed by atoms with Crippen molar-refractivity contribution in [1.29, 1.82) is 0 Å². The number of benzene rings is 1. The van der Waals surface area contributed by atoms with Crippen LogP contribution in [0.5, 0.6) is 0 Å². The minimum absolute atomic E-state index is 0.323. The predicted octanol–water partition coefficient (Wildman–Crippen LogP) is 3.45. The number of rotatable bonds is 7. The van der Waals surface area contributed by atoms with E-state index < -0.39 is 11.0 Å². The third-order valence-electron chi connectivity index (χ3n) is 3.45. The topological polar surface area (TPSA) is 48.3 Å². The van der Waals surface area contributed by atoms with Crippen LogP contribution in [0.4, 0.5) is 0 Å². The van der Waals surface area contributed by atoms with E-state index in [0.29, 0.717) is 31.0 Å². The number of aromatic nitrogens is 1. The minimum Gasteiger partial charge on any atom is -0.380 e. The van der Waals surface area contributed by atoms with Gasteiger partial charge in [0.1, 0.15) is 5.69 Å². The van der Waals surface area contributed by atoms with Gasteiger partial charge in [-0.25, -0.2) is 0 Å². The van der Waals surface area contributed by atoms with E-state index in [-0.39, 0.29) is 0 Å². The van der Waals surface area contributed by atoms with Crippen LogP contribution in [0.25, 0.3) is 11.1 Å². The van der Waals surface area contributed by atoms with Crippen LogP contribution in [0, 0.1) is 6.92 Å². The fourth-order valence-corrected chi connectivity index (χ4v) is 2.53. The van der Waals surface area contributed by atoms with Gasteiger partial charge in [-0.1, -0.05) is 30.3 Å². The molecule has 0 atom stereocenters. The maximum atomic E-state index is 12.3. The van der Waals surface area contributed by atoms with Crippen LogP contribution in [-0.4, -0.2) is 28.8 Å². The standard InChI is InChI=1S/C17H18ClNO3/c1-3-22-10-9-19-12(2)11-14(13-7-5-4-6-8-13)15(19)16(20)17(18)21/h4-8,11H,3,9-10H2,1-2H3. The fraction of sp³-hybridized carbons (Fsp3) is 0.294. The second-order valence-electron chi connectivity index (χ2n) is 4.87. The first-order valence-corrected chi connectivity index (χ1v) is 7.51. The van der Waals surface area contributed by atoms with E-state index >= 15 is 0 Å². The van der Waals surface area contributed by atoms with Crippen molar-refractivity contribution in [3.05, 3.63) is 47.8 Å². The van der Waals surface area contributed by atoms with Crippen molar-refractivity contribution in [3.63, 3.8) is 0 Å². The lowest BCUT2D eigenvalue weighted by atomic mass is 10.0. The molecule has 1 aromatic heterocycles. The molecule has 4 nitrogen and oxygen atoms in total. The summed E-state index contributed by atoms with van der Waals surface area (Å²) >= 11 is 5.43. The molecule has 0 aliphatic rings. The Balaban J connectivity index is 2.52. The molecule has 2 aromatic rings. The fourth-order valence-electron chi connectivity index (χ4n) is 2.44. The number of ether oxygens (including phenoxy) is 1. The van der Waals surface area contributed by atoms with Crippen LogP contribution < -0.4 is 0 Å². The Morgan fingerprint density at radius 3 is 2.50 bits per heavy atom. The Hall–Kier alpha value is -1.91. The van der Waals surface area contributed by atoms with Gasteiger partial charge in [-0.05, 0) is 37.1 Å². The average molecular weight is 320 g/mol. The zero-order valence-electron chi connectivity index (χ0n) is 12.6. The highest BCUT2D eigenvalue weighted by Gasteiger charge is 2.24. The molecule has 2 rings (SSSR count). The van der Waals surface area contributed by atoms with Crippen molar-refractivity contribution in [1.82, 2.24) is 4.57 Å². The summed E-state index contributed by atoms with van der Waals surface area (Å²) in [4.78, 5) is 23.7. The molecule has 22 heavy (non-hydrogen) atoms. The molecular formula is C17H18ClNO3. The number of halogens is 1. The van der Waals surface area contributed by atoms with Gasteiger partial charge in [-0.15, -0.1) is 0 Å². The van der Waals surface area contributed by atoms with E-state index in [2.05, 4.69) is 0 Å². The number of Topliss-reactive ketones (excluding diaryl/α,β-unsaturated/α-hetero) is 1. The molecule has 0 aliphatic heterocycles. The zero-order chi connectivity index (χ0) is 16.1. The molecule has 0 radical (unpaired) electrons. The van der Waals surface area contributed by atoms with Crippen molar-refractivity contribution < 1.29 is 14.3 Å². The molecule has 116 valence electrons. The number of ketones is 1. The number of nitrogens with zero attached hydrogens (tertiary/aromatic N) is 1. The van der Waals surface area contributed by atoms with E-state index in [1.54, 1.807) is 4.57 Å². The van der Waals surface area contributed by atoms with E-state index in [1.807, 2.05) is 50.2 Å². The van der Waals surface area contributed by atoms with Gasteiger partial charge in [0.25, 0.3) is 11.0 Å². The summed E-state index contributed by atoms with van der Waals surface area (Å²) in [6.45, 7) is 5.37. The summed E-state index contributed by atoms with van der Waals surface area (Å²) in [5.41, 5.74) is 2.80. The van der Waals surface area contributed by atoms with Crippen molar-refractivity contribution >= 4 is 22.6 Å². The lowest BCUT2D eigenvalue weighted by Gasteiger charge is -2.11. The molecule has 0 saturated heterocycles. The van der Waals surface area contributed by atoms with Gasteiger partial charge in [-0.2, -0.15) is 0 Å². The van der Waals surface area contributed by atoms with Crippen LogP contribution in [0.3, 0.4) is 0 Å². The average Bonchev–Trinajstić information content (AvgIpc) is 2.84. The Kier molecular flexibility index (Phi) is 5.52. The normalized spacial score (nSPS) is 10.7. The molecule has 1 aromatic carbocycles. The van der Waals surface area contributed by atoms with Crippen molar-refractivity contribution in [2.75, 3.05) is 13.2 Å².